The van der Waals surface area contributed by atoms with Crippen LogP contribution in [0.2, 0.25) is 0 Å². The molecule has 1 aromatic rings. The van der Waals surface area contributed by atoms with Gasteiger partial charge >= 0.3 is 6.09 Å². The molecule has 0 saturated carbocycles. The fourth-order valence-corrected chi connectivity index (χ4v) is 3.49. The minimum Gasteiger partial charge on any atom is -0.444 e. The lowest BCUT2D eigenvalue weighted by Crippen LogP contribution is -2.39. The van der Waals surface area contributed by atoms with Crippen molar-refractivity contribution in [1.82, 2.24) is 15.5 Å². The standard InChI is InChI=1S/C23H39N5O2/c1-6-24-21(26-16-19-8-7-15-28(5)17-19)25-14-13-18-9-11-20(12-10-18)27-22(29)30-23(2,3)4/h9-12,19H,6-8,13-17H2,1-5H3,(H,27,29)(H2,24,25,26). The fraction of sp³-hybridized carbons (Fsp3) is 0.652. The molecule has 1 aliphatic rings. The van der Waals surface area contributed by atoms with Crippen molar-refractivity contribution in [3.8, 4) is 0 Å². The predicted molar refractivity (Wildman–Crippen MR) is 124 cm³/mol. The molecule has 1 amide bonds. The molecule has 3 N–H and O–H groups in total. The number of aliphatic imine (C=N–C) groups is 1. The number of guanidine groups is 1. The highest BCUT2D eigenvalue weighted by Gasteiger charge is 2.17. The van der Waals surface area contributed by atoms with Crippen LogP contribution in [0.5, 0.6) is 0 Å². The van der Waals surface area contributed by atoms with Crippen LogP contribution >= 0.6 is 0 Å². The van der Waals surface area contributed by atoms with Gasteiger partial charge in [-0.25, -0.2) is 4.79 Å². The first kappa shape index (κ1) is 24.0. The van der Waals surface area contributed by atoms with E-state index in [0.29, 0.717) is 5.92 Å². The largest absolute Gasteiger partial charge is 0.444 e. The van der Waals surface area contributed by atoms with E-state index in [0.717, 1.165) is 44.2 Å². The van der Waals surface area contributed by atoms with Crippen molar-refractivity contribution in [2.45, 2.75) is 52.6 Å². The molecule has 1 atom stereocenters. The summed E-state index contributed by atoms with van der Waals surface area (Å²) in [5.41, 5.74) is 1.42. The van der Waals surface area contributed by atoms with Crippen molar-refractivity contribution in [2.24, 2.45) is 10.9 Å². The molecule has 0 bridgehead atoms. The van der Waals surface area contributed by atoms with Crippen molar-refractivity contribution in [3.05, 3.63) is 29.8 Å². The molecule has 30 heavy (non-hydrogen) atoms. The second-order valence-corrected chi connectivity index (χ2v) is 8.99. The Morgan fingerprint density at radius 3 is 2.60 bits per heavy atom. The third-order valence-corrected chi connectivity index (χ3v) is 4.88. The second kappa shape index (κ2) is 11.8. The van der Waals surface area contributed by atoms with E-state index in [1.165, 1.54) is 24.9 Å². The maximum Gasteiger partial charge on any atom is 0.412 e. The quantitative estimate of drug-likeness (QED) is 0.468. The molecule has 1 unspecified atom stereocenters. The normalized spacial score (nSPS) is 18.0. The molecule has 0 spiro atoms. The average molecular weight is 418 g/mol. The number of carbonyl (C=O) groups excluding carboxylic acids is 1. The van der Waals surface area contributed by atoms with Crippen LogP contribution in [0.3, 0.4) is 0 Å². The number of piperidine rings is 1. The van der Waals surface area contributed by atoms with E-state index >= 15 is 0 Å². The van der Waals surface area contributed by atoms with Gasteiger partial charge in [0.15, 0.2) is 5.96 Å². The summed E-state index contributed by atoms with van der Waals surface area (Å²) in [6.45, 7) is 12.5. The summed E-state index contributed by atoms with van der Waals surface area (Å²) in [5, 5.41) is 9.52. The van der Waals surface area contributed by atoms with Crippen molar-refractivity contribution < 1.29 is 9.53 Å². The molecule has 0 radical (unpaired) electrons. The summed E-state index contributed by atoms with van der Waals surface area (Å²) in [6.07, 6.45) is 2.97. The number of ether oxygens (including phenoxy) is 1. The van der Waals surface area contributed by atoms with E-state index in [-0.39, 0.29) is 0 Å². The van der Waals surface area contributed by atoms with Crippen LogP contribution in [0, 0.1) is 5.92 Å². The van der Waals surface area contributed by atoms with Crippen LogP contribution in [0.15, 0.2) is 29.3 Å². The van der Waals surface area contributed by atoms with E-state index in [2.05, 4.69) is 34.8 Å². The molecule has 2 rings (SSSR count). The summed E-state index contributed by atoms with van der Waals surface area (Å²) in [7, 11) is 2.19. The summed E-state index contributed by atoms with van der Waals surface area (Å²) >= 11 is 0. The fourth-order valence-electron chi connectivity index (χ4n) is 3.49. The lowest BCUT2D eigenvalue weighted by molar-refractivity contribution is 0.0636. The van der Waals surface area contributed by atoms with Crippen LogP contribution in [-0.2, 0) is 11.2 Å². The number of hydrogen-bond donors (Lipinski definition) is 3. The summed E-state index contributed by atoms with van der Waals surface area (Å²) in [6, 6.07) is 7.85. The van der Waals surface area contributed by atoms with Gasteiger partial charge in [-0.2, -0.15) is 0 Å². The second-order valence-electron chi connectivity index (χ2n) is 8.99. The van der Waals surface area contributed by atoms with Crippen LogP contribution in [-0.4, -0.2) is 62.3 Å². The maximum atomic E-state index is 11.8. The number of rotatable bonds is 7. The third-order valence-electron chi connectivity index (χ3n) is 4.88. The number of amides is 1. The minimum atomic E-state index is -0.506. The lowest BCUT2D eigenvalue weighted by atomic mass is 9.99. The Balaban J connectivity index is 1.77. The molecule has 0 aliphatic carbocycles. The smallest absolute Gasteiger partial charge is 0.412 e. The van der Waals surface area contributed by atoms with Gasteiger partial charge < -0.3 is 20.3 Å². The maximum absolute atomic E-state index is 11.8. The first-order valence-corrected chi connectivity index (χ1v) is 11.0. The van der Waals surface area contributed by atoms with Crippen molar-refractivity contribution >= 4 is 17.7 Å². The number of anilines is 1. The van der Waals surface area contributed by atoms with Gasteiger partial charge in [0, 0.05) is 31.9 Å². The molecule has 7 heteroatoms. The van der Waals surface area contributed by atoms with Gasteiger partial charge in [-0.15, -0.1) is 0 Å². The zero-order valence-electron chi connectivity index (χ0n) is 19.3. The Hall–Kier alpha value is -2.28. The molecular formula is C23H39N5O2. The van der Waals surface area contributed by atoms with Crippen molar-refractivity contribution in [1.29, 1.82) is 0 Å². The van der Waals surface area contributed by atoms with Gasteiger partial charge in [0.05, 0.1) is 0 Å². The predicted octanol–water partition coefficient (Wildman–Crippen LogP) is 3.47. The van der Waals surface area contributed by atoms with E-state index in [1.807, 2.05) is 45.0 Å². The van der Waals surface area contributed by atoms with E-state index in [1.54, 1.807) is 0 Å². The Morgan fingerprint density at radius 2 is 1.97 bits per heavy atom. The summed E-state index contributed by atoms with van der Waals surface area (Å²) < 4.78 is 5.28. The SMILES string of the molecule is CCNC(=NCC1CCCN(C)C1)NCCc1ccc(NC(=O)OC(C)(C)C)cc1. The van der Waals surface area contributed by atoms with Crippen LogP contribution < -0.4 is 16.0 Å². The van der Waals surface area contributed by atoms with Crippen LogP contribution in [0.4, 0.5) is 10.5 Å². The van der Waals surface area contributed by atoms with Gasteiger partial charge in [-0.1, -0.05) is 12.1 Å². The Bertz CT molecular complexity index is 682. The molecule has 1 aliphatic heterocycles. The number of nitrogens with one attached hydrogen (secondary N) is 3. The minimum absolute atomic E-state index is 0.437. The highest BCUT2D eigenvalue weighted by atomic mass is 16.6. The zero-order valence-corrected chi connectivity index (χ0v) is 19.3. The zero-order chi connectivity index (χ0) is 22.0. The molecule has 0 aromatic heterocycles. The lowest BCUT2D eigenvalue weighted by Gasteiger charge is -2.28. The summed E-state index contributed by atoms with van der Waals surface area (Å²) in [5.74, 6) is 1.53. The van der Waals surface area contributed by atoms with Gasteiger partial charge in [0.25, 0.3) is 0 Å². The van der Waals surface area contributed by atoms with Gasteiger partial charge in [-0.3, -0.25) is 10.3 Å². The Kier molecular flexibility index (Phi) is 9.43. The Morgan fingerprint density at radius 1 is 1.23 bits per heavy atom. The number of nitrogens with zero attached hydrogens (tertiary/aromatic N) is 2. The highest BCUT2D eigenvalue weighted by Crippen LogP contribution is 2.15. The first-order valence-electron chi connectivity index (χ1n) is 11.0. The van der Waals surface area contributed by atoms with Crippen molar-refractivity contribution in [2.75, 3.05) is 45.1 Å². The Labute approximate surface area is 181 Å². The monoisotopic (exact) mass is 417 g/mol. The highest BCUT2D eigenvalue weighted by molar-refractivity contribution is 5.84. The topological polar surface area (TPSA) is 78.0 Å². The number of benzene rings is 1. The summed E-state index contributed by atoms with van der Waals surface area (Å²) in [4.78, 5) is 19.0. The molecule has 7 nitrogen and oxygen atoms in total. The molecular weight excluding hydrogens is 378 g/mol. The average Bonchev–Trinajstić information content (AvgIpc) is 2.66. The van der Waals surface area contributed by atoms with Crippen LogP contribution in [0.25, 0.3) is 0 Å². The molecule has 1 aromatic carbocycles. The van der Waals surface area contributed by atoms with Crippen molar-refractivity contribution in [3.63, 3.8) is 0 Å². The van der Waals surface area contributed by atoms with Gasteiger partial charge in [0.2, 0.25) is 0 Å². The van der Waals surface area contributed by atoms with E-state index < -0.39 is 11.7 Å². The van der Waals surface area contributed by atoms with Crippen LogP contribution in [0.1, 0.15) is 46.1 Å². The molecule has 168 valence electrons. The third kappa shape index (κ3) is 9.48. The first-order chi connectivity index (χ1) is 14.2. The van der Waals surface area contributed by atoms with Gasteiger partial charge in [0.1, 0.15) is 5.60 Å². The molecule has 1 heterocycles. The number of hydrogen-bond acceptors (Lipinski definition) is 4. The van der Waals surface area contributed by atoms with E-state index in [9.17, 15) is 4.79 Å². The van der Waals surface area contributed by atoms with Gasteiger partial charge in [-0.05, 0) is 84.2 Å². The molecule has 1 saturated heterocycles. The van der Waals surface area contributed by atoms with E-state index in [4.69, 9.17) is 9.73 Å². The molecule has 1 fully saturated rings. The number of likely N-dealkylation sites (tertiary alicyclic amines) is 1. The number of carbonyl (C=O) groups is 1.